The van der Waals surface area contributed by atoms with Gasteiger partial charge in [0.05, 0.1) is 24.3 Å². The molecule has 0 saturated carbocycles. The molecule has 0 amide bonds. The highest BCUT2D eigenvalue weighted by Gasteiger charge is 2.05. The van der Waals surface area contributed by atoms with Gasteiger partial charge in [-0.1, -0.05) is 36.4 Å². The fourth-order valence-electron chi connectivity index (χ4n) is 2.64. The van der Waals surface area contributed by atoms with Crippen LogP contribution in [-0.4, -0.2) is 10.9 Å². The Labute approximate surface area is 163 Å². The average Bonchev–Trinajstić information content (AvgIpc) is 3.22. The second kappa shape index (κ2) is 9.36. The molecule has 3 aromatic rings. The van der Waals surface area contributed by atoms with Crippen LogP contribution in [0.25, 0.3) is 0 Å². The monoisotopic (exact) mass is 378 g/mol. The van der Waals surface area contributed by atoms with E-state index in [1.807, 2.05) is 24.3 Å². The van der Waals surface area contributed by atoms with E-state index in [1.165, 1.54) is 23.3 Å². The number of furan rings is 1. The maximum absolute atomic E-state index is 10.8. The maximum Gasteiger partial charge on any atom is 0.269 e. The Hall–Kier alpha value is -3.61. The summed E-state index contributed by atoms with van der Waals surface area (Å²) in [4.78, 5) is 15.0. The second-order valence-corrected chi connectivity index (χ2v) is 6.30. The highest BCUT2D eigenvalue weighted by molar-refractivity contribution is 5.79. The lowest BCUT2D eigenvalue weighted by molar-refractivity contribution is -0.384. The van der Waals surface area contributed by atoms with Crippen LogP contribution in [0.2, 0.25) is 0 Å². The van der Waals surface area contributed by atoms with Crippen molar-refractivity contribution < 1.29 is 9.34 Å². The first kappa shape index (κ1) is 19.2. The number of nitrogens with one attached hydrogen (secondary N) is 2. The van der Waals surface area contributed by atoms with Crippen LogP contribution >= 0.6 is 0 Å². The lowest BCUT2D eigenvalue weighted by Crippen LogP contribution is -2.36. The number of benzene rings is 2. The molecule has 0 spiro atoms. The Bertz CT molecular complexity index is 935. The minimum Gasteiger partial charge on any atom is -0.467 e. The number of non-ortho nitro benzene ring substituents is 1. The van der Waals surface area contributed by atoms with Gasteiger partial charge in [-0.25, -0.2) is 4.99 Å². The topological polar surface area (TPSA) is 92.7 Å². The third-order valence-electron chi connectivity index (χ3n) is 4.28. The smallest absolute Gasteiger partial charge is 0.269 e. The summed E-state index contributed by atoms with van der Waals surface area (Å²) in [5.74, 6) is 1.44. The lowest BCUT2D eigenvalue weighted by atomic mass is 10.1. The predicted octanol–water partition coefficient (Wildman–Crippen LogP) is 3.93. The van der Waals surface area contributed by atoms with Gasteiger partial charge in [0.25, 0.3) is 5.69 Å². The first-order valence-corrected chi connectivity index (χ1v) is 8.94. The van der Waals surface area contributed by atoms with Gasteiger partial charge < -0.3 is 15.1 Å². The molecular weight excluding hydrogens is 356 g/mol. The van der Waals surface area contributed by atoms with Crippen LogP contribution in [0.5, 0.6) is 0 Å². The van der Waals surface area contributed by atoms with Crippen LogP contribution < -0.4 is 10.6 Å². The summed E-state index contributed by atoms with van der Waals surface area (Å²) in [6.45, 7) is 3.62. The van der Waals surface area contributed by atoms with Gasteiger partial charge >= 0.3 is 0 Å². The summed E-state index contributed by atoms with van der Waals surface area (Å²) in [5, 5.41) is 17.3. The van der Waals surface area contributed by atoms with E-state index in [0.717, 1.165) is 11.3 Å². The van der Waals surface area contributed by atoms with Gasteiger partial charge in [-0.15, -0.1) is 0 Å². The molecule has 3 rings (SSSR count). The molecule has 1 heterocycles. The van der Waals surface area contributed by atoms with E-state index in [4.69, 9.17) is 4.42 Å². The largest absolute Gasteiger partial charge is 0.467 e. The van der Waals surface area contributed by atoms with Crippen molar-refractivity contribution in [2.75, 3.05) is 0 Å². The highest BCUT2D eigenvalue weighted by Crippen LogP contribution is 2.12. The van der Waals surface area contributed by atoms with Crippen LogP contribution in [0.4, 0.5) is 5.69 Å². The zero-order chi connectivity index (χ0) is 19.8. The summed E-state index contributed by atoms with van der Waals surface area (Å²) in [5.41, 5.74) is 3.35. The van der Waals surface area contributed by atoms with E-state index in [0.29, 0.717) is 25.6 Å². The van der Waals surface area contributed by atoms with Gasteiger partial charge in [0, 0.05) is 18.7 Å². The molecule has 0 radical (unpaired) electrons. The summed E-state index contributed by atoms with van der Waals surface area (Å²) in [7, 11) is 0. The van der Waals surface area contributed by atoms with Gasteiger partial charge in [0.2, 0.25) is 0 Å². The van der Waals surface area contributed by atoms with Crippen molar-refractivity contribution in [1.29, 1.82) is 0 Å². The quantitative estimate of drug-likeness (QED) is 0.281. The normalized spacial score (nSPS) is 11.2. The van der Waals surface area contributed by atoms with Crippen LogP contribution in [0.3, 0.4) is 0 Å². The Morgan fingerprint density at radius 3 is 2.46 bits per heavy atom. The number of aryl methyl sites for hydroxylation is 1. The second-order valence-electron chi connectivity index (χ2n) is 6.30. The van der Waals surface area contributed by atoms with Crippen molar-refractivity contribution in [3.05, 3.63) is 99.5 Å². The van der Waals surface area contributed by atoms with Crippen molar-refractivity contribution in [3.63, 3.8) is 0 Å². The first-order chi connectivity index (χ1) is 13.6. The fourth-order valence-corrected chi connectivity index (χ4v) is 2.64. The average molecular weight is 378 g/mol. The van der Waals surface area contributed by atoms with E-state index in [9.17, 15) is 10.1 Å². The van der Waals surface area contributed by atoms with E-state index < -0.39 is 4.92 Å². The van der Waals surface area contributed by atoms with Crippen LogP contribution in [0.15, 0.2) is 76.3 Å². The first-order valence-electron chi connectivity index (χ1n) is 8.94. The van der Waals surface area contributed by atoms with Crippen LogP contribution in [0.1, 0.15) is 22.5 Å². The van der Waals surface area contributed by atoms with E-state index >= 15 is 0 Å². The Kier molecular flexibility index (Phi) is 6.41. The van der Waals surface area contributed by atoms with Crippen LogP contribution in [0, 0.1) is 17.0 Å². The highest BCUT2D eigenvalue weighted by atomic mass is 16.6. The molecule has 0 saturated heterocycles. The molecule has 7 nitrogen and oxygen atoms in total. The number of nitro groups is 1. The zero-order valence-corrected chi connectivity index (χ0v) is 15.6. The molecule has 28 heavy (non-hydrogen) atoms. The molecule has 7 heteroatoms. The van der Waals surface area contributed by atoms with E-state index in [2.05, 4.69) is 34.7 Å². The summed E-state index contributed by atoms with van der Waals surface area (Å²) >= 11 is 0. The number of guanidine groups is 1. The van der Waals surface area contributed by atoms with Gasteiger partial charge in [-0.3, -0.25) is 10.1 Å². The standard InChI is InChI=1S/C21H22N4O3/c1-16-5-2-3-6-18(16)14-23-21(24-15-20-7-4-12-28-20)22-13-17-8-10-19(11-9-17)25(26)27/h2-12H,13-15H2,1H3,(H2,22,23,24). The molecule has 0 aliphatic heterocycles. The molecule has 0 fully saturated rings. The van der Waals surface area contributed by atoms with Crippen molar-refractivity contribution in [2.45, 2.75) is 26.6 Å². The number of nitro benzene ring substituents is 1. The molecule has 1 aromatic heterocycles. The zero-order valence-electron chi connectivity index (χ0n) is 15.6. The predicted molar refractivity (Wildman–Crippen MR) is 108 cm³/mol. The number of aliphatic imine (C=N–C) groups is 1. The molecule has 0 aliphatic carbocycles. The lowest BCUT2D eigenvalue weighted by Gasteiger charge is -2.13. The number of nitrogens with zero attached hydrogens (tertiary/aromatic N) is 2. The molecule has 0 bridgehead atoms. The van der Waals surface area contributed by atoms with Gasteiger partial charge in [0.15, 0.2) is 5.96 Å². The van der Waals surface area contributed by atoms with Gasteiger partial charge in [-0.2, -0.15) is 0 Å². The molecule has 0 atom stereocenters. The SMILES string of the molecule is Cc1ccccc1CNC(=NCc1ccc([N+](=O)[O-])cc1)NCc1ccco1. The van der Waals surface area contributed by atoms with Gasteiger partial charge in [-0.05, 0) is 35.7 Å². The van der Waals surface area contributed by atoms with Crippen molar-refractivity contribution in [1.82, 2.24) is 10.6 Å². The molecular formula is C21H22N4O3. The molecule has 2 aromatic carbocycles. The maximum atomic E-state index is 10.8. The van der Waals surface area contributed by atoms with Gasteiger partial charge in [0.1, 0.15) is 5.76 Å². The summed E-state index contributed by atoms with van der Waals surface area (Å²) in [6, 6.07) is 18.3. The number of rotatable bonds is 7. The molecule has 2 N–H and O–H groups in total. The summed E-state index contributed by atoms with van der Waals surface area (Å²) in [6.07, 6.45) is 1.63. The van der Waals surface area contributed by atoms with Crippen molar-refractivity contribution >= 4 is 11.6 Å². The third kappa shape index (κ3) is 5.44. The Morgan fingerprint density at radius 2 is 1.79 bits per heavy atom. The molecule has 0 aliphatic rings. The van der Waals surface area contributed by atoms with Crippen LogP contribution in [-0.2, 0) is 19.6 Å². The minimum atomic E-state index is -0.410. The number of hydrogen-bond donors (Lipinski definition) is 2. The Balaban J connectivity index is 1.67. The molecule has 0 unspecified atom stereocenters. The van der Waals surface area contributed by atoms with Crippen molar-refractivity contribution in [2.24, 2.45) is 4.99 Å². The third-order valence-corrected chi connectivity index (χ3v) is 4.28. The fraction of sp³-hybridized carbons (Fsp3) is 0.190. The molecule has 144 valence electrons. The number of hydrogen-bond acceptors (Lipinski definition) is 4. The van der Waals surface area contributed by atoms with E-state index in [-0.39, 0.29) is 5.69 Å². The Morgan fingerprint density at radius 1 is 1.04 bits per heavy atom. The van der Waals surface area contributed by atoms with E-state index in [1.54, 1.807) is 18.4 Å². The summed E-state index contributed by atoms with van der Waals surface area (Å²) < 4.78 is 5.36. The van der Waals surface area contributed by atoms with Crippen molar-refractivity contribution in [3.8, 4) is 0 Å². The minimum absolute atomic E-state index is 0.0709.